The number of piperazine rings is 1. The number of carbonyl (C=O) groups excluding carboxylic acids is 1. The van der Waals surface area contributed by atoms with Gasteiger partial charge >= 0.3 is 0 Å². The van der Waals surface area contributed by atoms with Crippen molar-refractivity contribution in [2.75, 3.05) is 43.9 Å². The summed E-state index contributed by atoms with van der Waals surface area (Å²) in [5.74, 6) is -0.114. The molecule has 6 nitrogen and oxygen atoms in total. The fraction of sp³-hybridized carbons (Fsp3) is 0.267. The van der Waals surface area contributed by atoms with Gasteiger partial charge in [-0.15, -0.1) is 11.3 Å². The van der Waals surface area contributed by atoms with E-state index in [2.05, 4.69) is 76.2 Å². The summed E-state index contributed by atoms with van der Waals surface area (Å²) in [6.45, 7) is 9.41. The highest BCUT2D eigenvalue weighted by Gasteiger charge is 2.14. The molecule has 0 radical (unpaired) electrons. The lowest BCUT2D eigenvalue weighted by molar-refractivity contribution is 0.102. The summed E-state index contributed by atoms with van der Waals surface area (Å²) in [6, 6.07) is 22.2. The monoisotopic (exact) mass is 511 g/mol. The number of aryl methyl sites for hydroxylation is 2. The first-order chi connectivity index (χ1) is 17.9. The summed E-state index contributed by atoms with van der Waals surface area (Å²) in [5, 5.41) is 9.35. The van der Waals surface area contributed by atoms with E-state index in [0.717, 1.165) is 66.1 Å². The molecule has 190 valence electrons. The number of thiazole rings is 1. The van der Waals surface area contributed by atoms with E-state index in [-0.39, 0.29) is 5.91 Å². The molecule has 0 saturated carbocycles. The number of aromatic nitrogens is 1. The molecule has 5 rings (SSSR count). The Hall–Kier alpha value is -3.52. The van der Waals surface area contributed by atoms with Crippen LogP contribution >= 0.6 is 11.3 Å². The largest absolute Gasteiger partial charge is 0.331 e. The van der Waals surface area contributed by atoms with Gasteiger partial charge in [-0.1, -0.05) is 42.0 Å². The molecule has 1 fully saturated rings. The third-order valence-corrected chi connectivity index (χ3v) is 7.53. The van der Waals surface area contributed by atoms with Crippen molar-refractivity contribution in [2.24, 2.45) is 0 Å². The number of anilines is 3. The zero-order valence-electron chi connectivity index (χ0n) is 21.6. The predicted molar refractivity (Wildman–Crippen MR) is 154 cm³/mol. The van der Waals surface area contributed by atoms with Gasteiger partial charge in [0.25, 0.3) is 5.91 Å². The Balaban J connectivity index is 1.22. The zero-order valence-corrected chi connectivity index (χ0v) is 22.4. The predicted octanol–water partition coefficient (Wildman–Crippen LogP) is 6.17. The van der Waals surface area contributed by atoms with E-state index in [4.69, 9.17) is 4.98 Å². The number of likely N-dealkylation sites (N-methyl/N-ethyl adjacent to an activating group) is 1. The minimum atomic E-state index is -0.114. The van der Waals surface area contributed by atoms with Gasteiger partial charge < -0.3 is 15.5 Å². The molecular weight excluding hydrogens is 478 g/mol. The van der Waals surface area contributed by atoms with Crippen LogP contribution < -0.4 is 10.6 Å². The van der Waals surface area contributed by atoms with E-state index in [1.165, 1.54) is 11.1 Å². The van der Waals surface area contributed by atoms with Crippen molar-refractivity contribution in [1.29, 1.82) is 0 Å². The Bertz CT molecular complexity index is 1370. The smallest absolute Gasteiger partial charge is 0.255 e. The fourth-order valence-corrected chi connectivity index (χ4v) is 5.18. The molecule has 3 aromatic carbocycles. The van der Waals surface area contributed by atoms with Gasteiger partial charge in [0.1, 0.15) is 0 Å². The van der Waals surface area contributed by atoms with Crippen LogP contribution in [-0.2, 0) is 6.54 Å². The topological polar surface area (TPSA) is 60.5 Å². The summed E-state index contributed by atoms with van der Waals surface area (Å²) >= 11 is 1.57. The van der Waals surface area contributed by atoms with E-state index in [9.17, 15) is 4.79 Å². The van der Waals surface area contributed by atoms with Crippen LogP contribution in [0, 0.1) is 13.8 Å². The molecule has 0 aliphatic carbocycles. The molecule has 1 aliphatic rings. The van der Waals surface area contributed by atoms with Crippen molar-refractivity contribution in [3.63, 3.8) is 0 Å². The van der Waals surface area contributed by atoms with E-state index in [1.54, 1.807) is 11.3 Å². The first-order valence-electron chi connectivity index (χ1n) is 12.6. The second kappa shape index (κ2) is 11.3. The molecule has 37 heavy (non-hydrogen) atoms. The molecule has 4 aromatic rings. The maximum Gasteiger partial charge on any atom is 0.255 e. The molecule has 0 bridgehead atoms. The number of hydrogen-bond acceptors (Lipinski definition) is 6. The summed E-state index contributed by atoms with van der Waals surface area (Å²) < 4.78 is 0. The quantitative estimate of drug-likeness (QED) is 0.311. The maximum atomic E-state index is 12.9. The highest BCUT2D eigenvalue weighted by atomic mass is 32.1. The Morgan fingerprint density at radius 3 is 2.51 bits per heavy atom. The summed E-state index contributed by atoms with van der Waals surface area (Å²) in [6.07, 6.45) is 0. The van der Waals surface area contributed by atoms with Crippen LogP contribution in [0.3, 0.4) is 0 Å². The third kappa shape index (κ3) is 6.43. The minimum absolute atomic E-state index is 0.114. The van der Waals surface area contributed by atoms with Crippen molar-refractivity contribution in [3.8, 4) is 11.3 Å². The first kappa shape index (κ1) is 25.1. The van der Waals surface area contributed by atoms with Crippen molar-refractivity contribution >= 4 is 33.8 Å². The van der Waals surface area contributed by atoms with Gasteiger partial charge in [-0.25, -0.2) is 4.98 Å². The van der Waals surface area contributed by atoms with E-state index in [0.29, 0.717) is 5.56 Å². The lowest BCUT2D eigenvalue weighted by Gasteiger charge is -2.32. The summed E-state index contributed by atoms with van der Waals surface area (Å²) in [4.78, 5) is 22.5. The van der Waals surface area contributed by atoms with E-state index in [1.807, 2.05) is 37.3 Å². The molecule has 1 amide bonds. The molecular formula is C30H33N5OS. The molecule has 2 N–H and O–H groups in total. The molecule has 1 aliphatic heterocycles. The van der Waals surface area contributed by atoms with Crippen LogP contribution in [0.2, 0.25) is 0 Å². The number of nitrogens with zero attached hydrogens (tertiary/aromatic N) is 3. The molecule has 0 unspecified atom stereocenters. The lowest BCUT2D eigenvalue weighted by Crippen LogP contribution is -2.43. The van der Waals surface area contributed by atoms with Gasteiger partial charge in [-0.05, 0) is 62.4 Å². The normalized spacial score (nSPS) is 14.5. The average molecular weight is 512 g/mol. The number of hydrogen-bond donors (Lipinski definition) is 2. The van der Waals surface area contributed by atoms with E-state index < -0.39 is 0 Å². The van der Waals surface area contributed by atoms with Crippen LogP contribution in [0.5, 0.6) is 0 Å². The molecule has 1 saturated heterocycles. The molecule has 0 spiro atoms. The fourth-order valence-electron chi connectivity index (χ4n) is 4.45. The average Bonchev–Trinajstić information content (AvgIpc) is 3.36. The first-order valence-corrected chi connectivity index (χ1v) is 13.5. The van der Waals surface area contributed by atoms with Crippen molar-refractivity contribution in [2.45, 2.75) is 20.4 Å². The van der Waals surface area contributed by atoms with Crippen LogP contribution in [0.25, 0.3) is 11.3 Å². The Morgan fingerprint density at radius 2 is 1.76 bits per heavy atom. The van der Waals surface area contributed by atoms with Crippen molar-refractivity contribution in [1.82, 2.24) is 14.8 Å². The Kier molecular flexibility index (Phi) is 7.65. The minimum Gasteiger partial charge on any atom is -0.331 e. The highest BCUT2D eigenvalue weighted by Crippen LogP contribution is 2.30. The van der Waals surface area contributed by atoms with Crippen molar-refractivity contribution < 1.29 is 4.79 Å². The SMILES string of the molecule is Cc1cccc(-c2csc(Nc3cc(NC(=O)c4ccc(CN5CCN(C)CC5)cc4)ccc3C)n2)c1. The number of carbonyl (C=O) groups is 1. The molecule has 0 atom stereocenters. The maximum absolute atomic E-state index is 12.9. The number of nitrogens with one attached hydrogen (secondary N) is 2. The van der Waals surface area contributed by atoms with Gasteiger partial charge in [0, 0.05) is 60.6 Å². The molecule has 2 heterocycles. The molecule has 7 heteroatoms. The zero-order chi connectivity index (χ0) is 25.8. The van der Waals surface area contributed by atoms with Crippen LogP contribution in [-0.4, -0.2) is 53.9 Å². The number of rotatable bonds is 7. The van der Waals surface area contributed by atoms with Gasteiger partial charge in [0.2, 0.25) is 0 Å². The standard InChI is InChI=1S/C30H33N5OS/c1-21-5-4-6-25(17-21)28-20-37-30(33-28)32-27-18-26(12-7-22(27)2)31-29(36)24-10-8-23(9-11-24)19-35-15-13-34(3)14-16-35/h4-12,17-18,20H,13-16,19H2,1-3H3,(H,31,36)(H,32,33). The van der Waals surface area contributed by atoms with Crippen LogP contribution in [0.15, 0.2) is 72.1 Å². The second-order valence-corrected chi connectivity index (χ2v) is 10.7. The number of benzene rings is 3. The Labute approximate surface area is 223 Å². The molecule has 1 aromatic heterocycles. The number of amides is 1. The van der Waals surface area contributed by atoms with Gasteiger partial charge in [-0.2, -0.15) is 0 Å². The Morgan fingerprint density at radius 1 is 0.973 bits per heavy atom. The van der Waals surface area contributed by atoms with Crippen LogP contribution in [0.1, 0.15) is 27.0 Å². The lowest BCUT2D eigenvalue weighted by atomic mass is 10.1. The van der Waals surface area contributed by atoms with Crippen LogP contribution in [0.4, 0.5) is 16.5 Å². The van der Waals surface area contributed by atoms with Crippen molar-refractivity contribution in [3.05, 3.63) is 94.4 Å². The van der Waals surface area contributed by atoms with Gasteiger partial charge in [0.05, 0.1) is 5.69 Å². The summed E-state index contributed by atoms with van der Waals surface area (Å²) in [5.41, 5.74) is 7.91. The summed E-state index contributed by atoms with van der Waals surface area (Å²) in [7, 11) is 2.17. The third-order valence-electron chi connectivity index (χ3n) is 6.77. The second-order valence-electron chi connectivity index (χ2n) is 9.79. The highest BCUT2D eigenvalue weighted by molar-refractivity contribution is 7.14. The van der Waals surface area contributed by atoms with E-state index >= 15 is 0 Å². The van der Waals surface area contributed by atoms with Gasteiger partial charge in [-0.3, -0.25) is 9.69 Å². The van der Waals surface area contributed by atoms with Gasteiger partial charge in [0.15, 0.2) is 5.13 Å².